The van der Waals surface area contributed by atoms with E-state index in [-0.39, 0.29) is 6.54 Å². The van der Waals surface area contributed by atoms with Crippen LogP contribution >= 0.6 is 11.3 Å². The van der Waals surface area contributed by atoms with Crippen molar-refractivity contribution in [3.05, 3.63) is 40.6 Å². The maximum absolute atomic E-state index is 13.6. The van der Waals surface area contributed by atoms with E-state index in [0.717, 1.165) is 5.56 Å². The predicted octanol–water partition coefficient (Wildman–Crippen LogP) is 2.72. The van der Waals surface area contributed by atoms with Crippen molar-refractivity contribution in [1.29, 1.82) is 0 Å². The van der Waals surface area contributed by atoms with Crippen LogP contribution in [0.1, 0.15) is 24.7 Å². The van der Waals surface area contributed by atoms with Crippen molar-refractivity contribution in [3.8, 4) is 0 Å². The third-order valence-corrected chi connectivity index (χ3v) is 4.82. The number of aliphatic imine (C=N–C) groups is 1. The summed E-state index contributed by atoms with van der Waals surface area (Å²) in [4.78, 5) is 9.80. The van der Waals surface area contributed by atoms with Gasteiger partial charge in [-0.3, -0.25) is 4.99 Å². The molecule has 1 atom stereocenters. The number of imidazole rings is 1. The predicted molar refractivity (Wildman–Crippen MR) is 99.5 cm³/mol. The Hall–Kier alpha value is -2.07. The van der Waals surface area contributed by atoms with E-state index in [1.807, 2.05) is 35.7 Å². The van der Waals surface area contributed by atoms with Crippen molar-refractivity contribution in [1.82, 2.24) is 19.8 Å². The Kier molecular flexibility index (Phi) is 6.88. The first-order valence-corrected chi connectivity index (χ1v) is 9.40. The molecule has 10 heteroatoms. The molecule has 2 N–H and O–H groups in total. The maximum Gasteiger partial charge on any atom is 0.424 e. The van der Waals surface area contributed by atoms with Crippen LogP contribution in [0.2, 0.25) is 0 Å². The molecule has 0 radical (unpaired) electrons. The summed E-state index contributed by atoms with van der Waals surface area (Å²) in [6, 6.07) is 1.98. The Bertz CT molecular complexity index is 744. The van der Waals surface area contributed by atoms with E-state index in [9.17, 15) is 18.3 Å². The largest absolute Gasteiger partial charge is 0.424 e. The first-order chi connectivity index (χ1) is 12.7. The van der Waals surface area contributed by atoms with Gasteiger partial charge in [-0.15, -0.1) is 0 Å². The van der Waals surface area contributed by atoms with Crippen molar-refractivity contribution in [2.24, 2.45) is 12.0 Å². The Labute approximate surface area is 160 Å². The number of hydrogen-bond acceptors (Lipinski definition) is 4. The molecule has 0 aliphatic rings. The molecule has 0 fully saturated rings. The van der Waals surface area contributed by atoms with E-state index in [2.05, 4.69) is 15.3 Å². The number of aryl methyl sites for hydroxylation is 1. The molecule has 0 amide bonds. The van der Waals surface area contributed by atoms with Gasteiger partial charge in [-0.25, -0.2) is 4.98 Å². The number of alkyl halides is 3. The minimum Gasteiger partial charge on any atom is -0.374 e. The van der Waals surface area contributed by atoms with Crippen LogP contribution in [0.3, 0.4) is 0 Å². The number of rotatable bonds is 7. The summed E-state index contributed by atoms with van der Waals surface area (Å²) in [5.74, 6) is 0.0369. The van der Waals surface area contributed by atoms with Gasteiger partial charge in [0.05, 0.1) is 0 Å². The first kappa shape index (κ1) is 21.2. The standard InChI is InChI=1S/C17H24F3N5OS/c1-4-21-15(25(3)11-13-5-10-27-12-13)23-7-6-16(26,17(18,19)20)14-22-8-9-24(14)2/h5,8-10,12,26H,4,6-7,11H2,1-3H3,(H,21,23). The molecular weight excluding hydrogens is 379 g/mol. The van der Waals surface area contributed by atoms with Crippen LogP contribution in [-0.4, -0.2) is 51.8 Å². The average molecular weight is 403 g/mol. The van der Waals surface area contributed by atoms with Crippen molar-refractivity contribution >= 4 is 17.3 Å². The molecule has 0 aromatic carbocycles. The lowest BCUT2D eigenvalue weighted by Crippen LogP contribution is -2.45. The molecule has 0 aliphatic heterocycles. The summed E-state index contributed by atoms with van der Waals surface area (Å²) in [5, 5.41) is 17.4. The summed E-state index contributed by atoms with van der Waals surface area (Å²) in [5.41, 5.74) is -1.97. The first-order valence-electron chi connectivity index (χ1n) is 8.46. The highest BCUT2D eigenvalue weighted by Gasteiger charge is 2.57. The number of nitrogens with zero attached hydrogens (tertiary/aromatic N) is 4. The molecule has 27 heavy (non-hydrogen) atoms. The molecule has 0 bridgehead atoms. The lowest BCUT2D eigenvalue weighted by molar-refractivity contribution is -0.272. The fourth-order valence-electron chi connectivity index (χ4n) is 2.67. The molecule has 1 unspecified atom stereocenters. The molecule has 6 nitrogen and oxygen atoms in total. The van der Waals surface area contributed by atoms with Crippen molar-refractivity contribution in [2.45, 2.75) is 31.7 Å². The van der Waals surface area contributed by atoms with Gasteiger partial charge in [0, 0.05) is 52.5 Å². The smallest absolute Gasteiger partial charge is 0.374 e. The third kappa shape index (κ3) is 5.01. The van der Waals surface area contributed by atoms with Crippen molar-refractivity contribution < 1.29 is 18.3 Å². The van der Waals surface area contributed by atoms with E-state index in [1.165, 1.54) is 24.0 Å². The zero-order valence-electron chi connectivity index (χ0n) is 15.5. The molecule has 0 saturated heterocycles. The van der Waals surface area contributed by atoms with Crippen LogP contribution < -0.4 is 5.32 Å². The van der Waals surface area contributed by atoms with Crippen LogP contribution in [-0.2, 0) is 19.2 Å². The van der Waals surface area contributed by atoms with Gasteiger partial charge < -0.3 is 19.9 Å². The van der Waals surface area contributed by atoms with Crippen LogP contribution in [0.5, 0.6) is 0 Å². The van der Waals surface area contributed by atoms with Gasteiger partial charge in [0.1, 0.15) is 5.82 Å². The van der Waals surface area contributed by atoms with Crippen LogP contribution in [0.4, 0.5) is 13.2 Å². The topological polar surface area (TPSA) is 65.7 Å². The Morgan fingerprint density at radius 1 is 1.44 bits per heavy atom. The SMILES string of the molecule is CCNC(=NCCC(O)(c1nccn1C)C(F)(F)F)N(C)Cc1ccsc1. The molecular formula is C17H24F3N5OS. The molecule has 2 aromatic heterocycles. The van der Waals surface area contributed by atoms with Crippen LogP contribution in [0, 0.1) is 0 Å². The molecule has 2 rings (SSSR count). The quantitative estimate of drug-likeness (QED) is 0.551. The van der Waals surface area contributed by atoms with E-state index in [0.29, 0.717) is 19.0 Å². The molecule has 2 aromatic rings. The van der Waals surface area contributed by atoms with Gasteiger partial charge in [-0.2, -0.15) is 24.5 Å². The minimum absolute atomic E-state index is 0.209. The zero-order valence-corrected chi connectivity index (χ0v) is 16.3. The second-order valence-electron chi connectivity index (χ2n) is 6.19. The summed E-state index contributed by atoms with van der Waals surface area (Å²) >= 11 is 1.58. The van der Waals surface area contributed by atoms with Gasteiger partial charge in [0.25, 0.3) is 0 Å². The highest BCUT2D eigenvalue weighted by molar-refractivity contribution is 7.07. The fraction of sp³-hybridized carbons (Fsp3) is 0.529. The molecule has 0 spiro atoms. The van der Waals surface area contributed by atoms with Gasteiger partial charge in [-0.1, -0.05) is 0 Å². The second kappa shape index (κ2) is 8.75. The lowest BCUT2D eigenvalue weighted by Gasteiger charge is -2.29. The molecule has 0 aliphatic carbocycles. The maximum atomic E-state index is 13.6. The highest BCUT2D eigenvalue weighted by atomic mass is 32.1. The van der Waals surface area contributed by atoms with E-state index < -0.39 is 24.0 Å². The Morgan fingerprint density at radius 3 is 2.70 bits per heavy atom. The molecule has 150 valence electrons. The molecule has 0 saturated carbocycles. The van der Waals surface area contributed by atoms with Gasteiger partial charge in [0.2, 0.25) is 5.60 Å². The second-order valence-corrected chi connectivity index (χ2v) is 6.97. The number of nitrogens with one attached hydrogen (secondary N) is 1. The number of aliphatic hydroxyl groups is 1. The van der Waals surface area contributed by atoms with Gasteiger partial charge in [0.15, 0.2) is 5.96 Å². The van der Waals surface area contributed by atoms with Gasteiger partial charge in [-0.05, 0) is 29.3 Å². The number of halogens is 3. The number of aromatic nitrogens is 2. The Balaban J connectivity index is 2.15. The Morgan fingerprint density at radius 2 is 2.19 bits per heavy atom. The van der Waals surface area contributed by atoms with Gasteiger partial charge >= 0.3 is 6.18 Å². The minimum atomic E-state index is -4.86. The van der Waals surface area contributed by atoms with Crippen molar-refractivity contribution in [3.63, 3.8) is 0 Å². The van der Waals surface area contributed by atoms with Crippen LogP contribution in [0.25, 0.3) is 0 Å². The highest BCUT2D eigenvalue weighted by Crippen LogP contribution is 2.40. The summed E-state index contributed by atoms with van der Waals surface area (Å²) in [6.45, 7) is 2.83. The summed E-state index contributed by atoms with van der Waals surface area (Å²) < 4.78 is 41.8. The zero-order chi connectivity index (χ0) is 20.1. The van der Waals surface area contributed by atoms with E-state index in [1.54, 1.807) is 11.3 Å². The van der Waals surface area contributed by atoms with Crippen molar-refractivity contribution in [2.75, 3.05) is 20.1 Å². The number of thiophene rings is 1. The third-order valence-electron chi connectivity index (χ3n) is 4.09. The summed E-state index contributed by atoms with van der Waals surface area (Å²) in [6.07, 6.45) is -2.88. The monoisotopic (exact) mass is 403 g/mol. The van der Waals surface area contributed by atoms with E-state index in [4.69, 9.17) is 0 Å². The fourth-order valence-corrected chi connectivity index (χ4v) is 3.33. The van der Waals surface area contributed by atoms with E-state index >= 15 is 0 Å². The van der Waals surface area contributed by atoms with Crippen LogP contribution in [0.15, 0.2) is 34.2 Å². The summed E-state index contributed by atoms with van der Waals surface area (Å²) in [7, 11) is 3.23. The molecule has 2 heterocycles. The number of guanidine groups is 1. The average Bonchev–Trinajstić information content (AvgIpc) is 3.24. The normalized spacial score (nSPS) is 14.9. The number of hydrogen-bond donors (Lipinski definition) is 2. The lowest BCUT2D eigenvalue weighted by atomic mass is 9.98.